The number of furan rings is 1. The number of aryl methyl sites for hydroxylation is 2. The average molecular weight is 335 g/mol. The fourth-order valence-electron chi connectivity index (χ4n) is 2.24. The summed E-state index contributed by atoms with van der Waals surface area (Å²) in [6, 6.07) is 5.93. The zero-order valence-electron chi connectivity index (χ0n) is 13.4. The molecule has 0 radical (unpaired) electrons. The minimum absolute atomic E-state index is 0.0768. The molecule has 2 aromatic rings. The lowest BCUT2D eigenvalue weighted by Crippen LogP contribution is -2.22. The number of hydrogen-bond acceptors (Lipinski definition) is 4. The highest BCUT2D eigenvalue weighted by atomic mass is 19.1. The standard InChI is InChI=1S/C17H18FNO5/c1-10-13(17(21)22)8-12(24-10)9-19-16(20)6-4-11-3-5-15(23-2)14(18)7-11/h3,5,7-8H,4,6,9H2,1-2H3,(H,19,20)(H,21,22). The number of amides is 1. The Hall–Kier alpha value is -2.83. The first-order valence-electron chi connectivity index (χ1n) is 7.32. The van der Waals surface area contributed by atoms with Gasteiger partial charge in [0.2, 0.25) is 5.91 Å². The average Bonchev–Trinajstić information content (AvgIpc) is 2.92. The van der Waals surface area contributed by atoms with Gasteiger partial charge in [0.05, 0.1) is 13.7 Å². The Labute approximate surface area is 138 Å². The van der Waals surface area contributed by atoms with Crippen molar-refractivity contribution in [2.45, 2.75) is 26.3 Å². The normalized spacial score (nSPS) is 10.5. The lowest BCUT2D eigenvalue weighted by atomic mass is 10.1. The highest BCUT2D eigenvalue weighted by Gasteiger charge is 2.14. The molecule has 0 aliphatic heterocycles. The first-order chi connectivity index (χ1) is 11.4. The third kappa shape index (κ3) is 4.34. The van der Waals surface area contributed by atoms with Crippen LogP contribution in [-0.4, -0.2) is 24.1 Å². The summed E-state index contributed by atoms with van der Waals surface area (Å²) in [6.45, 7) is 1.65. The van der Waals surface area contributed by atoms with Crippen LogP contribution >= 0.6 is 0 Å². The van der Waals surface area contributed by atoms with E-state index in [2.05, 4.69) is 5.32 Å². The van der Waals surface area contributed by atoms with Gasteiger partial charge in [0.1, 0.15) is 17.1 Å². The number of benzene rings is 1. The van der Waals surface area contributed by atoms with Gasteiger partial charge in [-0.15, -0.1) is 0 Å². The van der Waals surface area contributed by atoms with Gasteiger partial charge in [-0.25, -0.2) is 9.18 Å². The van der Waals surface area contributed by atoms with Crippen molar-refractivity contribution in [3.63, 3.8) is 0 Å². The van der Waals surface area contributed by atoms with Crippen LogP contribution in [0.15, 0.2) is 28.7 Å². The van der Waals surface area contributed by atoms with E-state index < -0.39 is 11.8 Å². The minimum Gasteiger partial charge on any atom is -0.494 e. The van der Waals surface area contributed by atoms with E-state index in [-0.39, 0.29) is 30.2 Å². The Kier molecular flexibility index (Phi) is 5.57. The lowest BCUT2D eigenvalue weighted by Gasteiger charge is -2.06. The third-order valence-corrected chi connectivity index (χ3v) is 3.52. The van der Waals surface area contributed by atoms with Crippen LogP contribution in [0.3, 0.4) is 0 Å². The number of carboxylic acid groups (broad SMARTS) is 1. The second-order valence-corrected chi connectivity index (χ2v) is 5.23. The monoisotopic (exact) mass is 335 g/mol. The number of hydrogen-bond donors (Lipinski definition) is 2. The molecular formula is C17H18FNO5. The van der Waals surface area contributed by atoms with Crippen molar-refractivity contribution in [1.82, 2.24) is 5.32 Å². The lowest BCUT2D eigenvalue weighted by molar-refractivity contribution is -0.121. The van der Waals surface area contributed by atoms with Crippen molar-refractivity contribution in [2.24, 2.45) is 0 Å². The Balaban J connectivity index is 1.84. The van der Waals surface area contributed by atoms with Crippen LogP contribution in [0.1, 0.15) is 33.9 Å². The predicted molar refractivity (Wildman–Crippen MR) is 83.5 cm³/mol. The molecule has 6 nitrogen and oxygen atoms in total. The summed E-state index contributed by atoms with van der Waals surface area (Å²) >= 11 is 0. The number of ether oxygens (including phenoxy) is 1. The number of methoxy groups -OCH3 is 1. The van der Waals surface area contributed by atoms with E-state index in [0.29, 0.717) is 23.5 Å². The highest BCUT2D eigenvalue weighted by Crippen LogP contribution is 2.18. The number of aromatic carboxylic acids is 1. The van der Waals surface area contributed by atoms with E-state index in [0.717, 1.165) is 0 Å². The number of halogens is 1. The summed E-state index contributed by atoms with van der Waals surface area (Å²) in [7, 11) is 1.39. The summed E-state index contributed by atoms with van der Waals surface area (Å²) in [5.74, 6) is -0.963. The predicted octanol–water partition coefficient (Wildman–Crippen LogP) is 2.68. The van der Waals surface area contributed by atoms with E-state index in [1.165, 1.54) is 25.3 Å². The molecule has 24 heavy (non-hydrogen) atoms. The van der Waals surface area contributed by atoms with Gasteiger partial charge >= 0.3 is 5.97 Å². The molecule has 0 atom stereocenters. The summed E-state index contributed by atoms with van der Waals surface area (Å²) in [5.41, 5.74) is 0.762. The third-order valence-electron chi connectivity index (χ3n) is 3.52. The first-order valence-corrected chi connectivity index (χ1v) is 7.32. The van der Waals surface area contributed by atoms with Gasteiger partial charge < -0.3 is 19.6 Å². The van der Waals surface area contributed by atoms with Crippen LogP contribution in [0.4, 0.5) is 4.39 Å². The molecule has 0 saturated heterocycles. The fraction of sp³-hybridized carbons (Fsp3) is 0.294. The van der Waals surface area contributed by atoms with Crippen LogP contribution in [0.5, 0.6) is 5.75 Å². The number of carbonyl (C=O) groups is 2. The molecule has 0 bridgehead atoms. The topological polar surface area (TPSA) is 88.8 Å². The van der Waals surface area contributed by atoms with Gasteiger partial charge in [-0.05, 0) is 37.1 Å². The molecule has 1 aromatic heterocycles. The molecule has 7 heteroatoms. The summed E-state index contributed by atoms with van der Waals surface area (Å²) in [6.07, 6.45) is 0.557. The molecule has 1 heterocycles. The molecule has 1 aromatic carbocycles. The molecule has 2 N–H and O–H groups in total. The Morgan fingerprint density at radius 3 is 2.67 bits per heavy atom. The maximum atomic E-state index is 13.6. The maximum Gasteiger partial charge on any atom is 0.339 e. The van der Waals surface area contributed by atoms with Crippen LogP contribution in [-0.2, 0) is 17.8 Å². The first kappa shape index (κ1) is 17.5. The fourth-order valence-corrected chi connectivity index (χ4v) is 2.24. The molecule has 128 valence electrons. The zero-order chi connectivity index (χ0) is 17.7. The van der Waals surface area contributed by atoms with Gasteiger partial charge in [-0.3, -0.25) is 4.79 Å². The van der Waals surface area contributed by atoms with Crippen molar-refractivity contribution in [3.05, 3.63) is 52.7 Å². The minimum atomic E-state index is -1.07. The Morgan fingerprint density at radius 1 is 1.33 bits per heavy atom. The quantitative estimate of drug-likeness (QED) is 0.812. The molecule has 0 aliphatic rings. The molecule has 0 saturated carbocycles. The number of rotatable bonds is 7. The summed E-state index contributed by atoms with van der Waals surface area (Å²) in [5, 5.41) is 11.6. The molecule has 1 amide bonds. The molecule has 0 fully saturated rings. The number of carboxylic acids is 1. The second-order valence-electron chi connectivity index (χ2n) is 5.23. The second kappa shape index (κ2) is 7.63. The summed E-state index contributed by atoms with van der Waals surface area (Å²) in [4.78, 5) is 22.8. The van der Waals surface area contributed by atoms with Crippen LogP contribution in [0.2, 0.25) is 0 Å². The van der Waals surface area contributed by atoms with E-state index in [9.17, 15) is 14.0 Å². The number of nitrogens with one attached hydrogen (secondary N) is 1. The molecule has 0 aliphatic carbocycles. The van der Waals surface area contributed by atoms with E-state index in [1.807, 2.05) is 0 Å². The maximum absolute atomic E-state index is 13.6. The van der Waals surface area contributed by atoms with Crippen LogP contribution in [0, 0.1) is 12.7 Å². The van der Waals surface area contributed by atoms with Crippen LogP contribution in [0.25, 0.3) is 0 Å². The van der Waals surface area contributed by atoms with Gasteiger partial charge in [0.15, 0.2) is 11.6 Å². The van der Waals surface area contributed by atoms with E-state index in [1.54, 1.807) is 13.0 Å². The van der Waals surface area contributed by atoms with Crippen LogP contribution < -0.4 is 10.1 Å². The van der Waals surface area contributed by atoms with Gasteiger partial charge in [-0.2, -0.15) is 0 Å². The van der Waals surface area contributed by atoms with Crippen molar-refractivity contribution >= 4 is 11.9 Å². The van der Waals surface area contributed by atoms with Crippen molar-refractivity contribution in [3.8, 4) is 5.75 Å². The van der Waals surface area contributed by atoms with Gasteiger partial charge in [-0.1, -0.05) is 6.07 Å². The molecule has 2 rings (SSSR count). The van der Waals surface area contributed by atoms with E-state index >= 15 is 0 Å². The molecule has 0 unspecified atom stereocenters. The van der Waals surface area contributed by atoms with Crippen molar-refractivity contribution in [1.29, 1.82) is 0 Å². The Bertz CT molecular complexity index is 753. The number of carbonyl (C=O) groups excluding carboxylic acids is 1. The largest absolute Gasteiger partial charge is 0.494 e. The van der Waals surface area contributed by atoms with E-state index in [4.69, 9.17) is 14.3 Å². The molecular weight excluding hydrogens is 317 g/mol. The van der Waals surface area contributed by atoms with Crippen molar-refractivity contribution in [2.75, 3.05) is 7.11 Å². The van der Waals surface area contributed by atoms with Gasteiger partial charge in [0, 0.05) is 6.42 Å². The Morgan fingerprint density at radius 2 is 2.08 bits per heavy atom. The zero-order valence-corrected chi connectivity index (χ0v) is 13.4. The summed E-state index contributed by atoms with van der Waals surface area (Å²) < 4.78 is 23.7. The SMILES string of the molecule is COc1ccc(CCC(=O)NCc2cc(C(=O)O)c(C)o2)cc1F. The van der Waals surface area contributed by atoms with Crippen molar-refractivity contribution < 1.29 is 28.2 Å². The van der Waals surface area contributed by atoms with Gasteiger partial charge in [0.25, 0.3) is 0 Å². The highest BCUT2D eigenvalue weighted by molar-refractivity contribution is 5.88. The molecule has 0 spiro atoms. The smallest absolute Gasteiger partial charge is 0.339 e.